The minimum absolute atomic E-state index is 0.247. The van der Waals surface area contributed by atoms with Crippen LogP contribution in [-0.4, -0.2) is 37.6 Å². The van der Waals surface area contributed by atoms with E-state index < -0.39 is 6.10 Å². The monoisotopic (exact) mass is 253 g/mol. The first-order valence-corrected chi connectivity index (χ1v) is 6.24. The lowest BCUT2D eigenvalue weighted by Crippen LogP contribution is -2.22. The third kappa shape index (κ3) is 6.00. The van der Waals surface area contributed by atoms with E-state index in [1.54, 1.807) is 7.11 Å². The topological polar surface area (TPSA) is 50.7 Å². The fourth-order valence-corrected chi connectivity index (χ4v) is 1.46. The lowest BCUT2D eigenvalue weighted by atomic mass is 10.2. The van der Waals surface area contributed by atoms with Gasteiger partial charge in [-0.05, 0) is 17.7 Å². The van der Waals surface area contributed by atoms with E-state index in [2.05, 4.69) is 19.2 Å². The van der Waals surface area contributed by atoms with Crippen LogP contribution in [0, 0.1) is 0 Å². The number of ether oxygens (including phenoxy) is 2. The van der Waals surface area contributed by atoms with Gasteiger partial charge < -0.3 is 19.9 Å². The molecule has 0 fully saturated rings. The van der Waals surface area contributed by atoms with E-state index in [-0.39, 0.29) is 13.2 Å². The molecule has 4 heteroatoms. The second-order valence-corrected chi connectivity index (χ2v) is 4.60. The molecular formula is C14H23NO3. The van der Waals surface area contributed by atoms with Gasteiger partial charge >= 0.3 is 0 Å². The highest BCUT2D eigenvalue weighted by Gasteiger charge is 2.04. The lowest BCUT2D eigenvalue weighted by Gasteiger charge is -2.12. The summed E-state index contributed by atoms with van der Waals surface area (Å²) in [6.45, 7) is 5.63. The summed E-state index contributed by atoms with van der Waals surface area (Å²) in [5.41, 5.74) is 1.22. The lowest BCUT2D eigenvalue weighted by molar-refractivity contribution is 0.0325. The van der Waals surface area contributed by atoms with Gasteiger partial charge in [-0.3, -0.25) is 0 Å². The molecule has 1 unspecified atom stereocenters. The van der Waals surface area contributed by atoms with Crippen LogP contribution in [0.4, 0.5) is 0 Å². The number of hydrogen-bond acceptors (Lipinski definition) is 4. The quantitative estimate of drug-likeness (QED) is 0.738. The summed E-state index contributed by atoms with van der Waals surface area (Å²) >= 11 is 0. The maximum atomic E-state index is 9.45. The number of aliphatic hydroxyl groups is 1. The van der Waals surface area contributed by atoms with E-state index in [9.17, 15) is 5.11 Å². The molecule has 18 heavy (non-hydrogen) atoms. The van der Waals surface area contributed by atoms with Crippen LogP contribution >= 0.6 is 0 Å². The molecule has 0 aliphatic rings. The molecule has 2 N–H and O–H groups in total. The van der Waals surface area contributed by atoms with E-state index in [0.717, 1.165) is 12.3 Å². The zero-order valence-corrected chi connectivity index (χ0v) is 11.3. The van der Waals surface area contributed by atoms with Crippen LogP contribution < -0.4 is 10.1 Å². The summed E-state index contributed by atoms with van der Waals surface area (Å²) in [6, 6.07) is 8.35. The fraction of sp³-hybridized carbons (Fsp3) is 0.571. The molecule has 0 saturated carbocycles. The van der Waals surface area contributed by atoms with Gasteiger partial charge in [-0.15, -0.1) is 0 Å². The van der Waals surface area contributed by atoms with Crippen molar-refractivity contribution in [1.29, 1.82) is 0 Å². The van der Waals surface area contributed by atoms with Crippen molar-refractivity contribution in [2.24, 2.45) is 0 Å². The highest BCUT2D eigenvalue weighted by molar-refractivity contribution is 5.27. The number of nitrogens with one attached hydrogen (secondary N) is 1. The van der Waals surface area contributed by atoms with Crippen LogP contribution in [0.15, 0.2) is 24.3 Å². The summed E-state index contributed by atoms with van der Waals surface area (Å²) in [4.78, 5) is 0. The Hall–Kier alpha value is -1.10. The van der Waals surface area contributed by atoms with Gasteiger partial charge in [0.05, 0.1) is 6.61 Å². The molecular weight excluding hydrogens is 230 g/mol. The van der Waals surface area contributed by atoms with Crippen molar-refractivity contribution in [3.05, 3.63) is 29.8 Å². The van der Waals surface area contributed by atoms with Gasteiger partial charge in [0.15, 0.2) is 0 Å². The first kappa shape index (κ1) is 15.0. The maximum Gasteiger partial charge on any atom is 0.119 e. The first-order valence-electron chi connectivity index (χ1n) is 6.24. The van der Waals surface area contributed by atoms with Crippen LogP contribution in [0.5, 0.6) is 5.75 Å². The molecule has 1 aromatic rings. The number of benzene rings is 1. The molecule has 0 spiro atoms. The summed E-state index contributed by atoms with van der Waals surface area (Å²) in [6.07, 6.45) is -0.586. The largest absolute Gasteiger partial charge is 0.491 e. The van der Waals surface area contributed by atoms with Crippen LogP contribution in [0.2, 0.25) is 0 Å². The molecule has 102 valence electrons. The van der Waals surface area contributed by atoms with Crippen molar-refractivity contribution in [1.82, 2.24) is 5.32 Å². The van der Waals surface area contributed by atoms with E-state index >= 15 is 0 Å². The van der Waals surface area contributed by atoms with Gasteiger partial charge in [0.1, 0.15) is 18.5 Å². The van der Waals surface area contributed by atoms with Gasteiger partial charge in [0.2, 0.25) is 0 Å². The van der Waals surface area contributed by atoms with Gasteiger partial charge in [0.25, 0.3) is 0 Å². The number of rotatable bonds is 8. The molecule has 0 saturated heterocycles. The second kappa shape index (κ2) is 8.08. The van der Waals surface area contributed by atoms with Crippen molar-refractivity contribution in [3.63, 3.8) is 0 Å². The second-order valence-electron chi connectivity index (χ2n) is 4.60. The Labute approximate surface area is 109 Å². The van der Waals surface area contributed by atoms with Crippen LogP contribution in [0.1, 0.15) is 19.4 Å². The Kier molecular flexibility index (Phi) is 6.72. The zero-order valence-electron chi connectivity index (χ0n) is 11.3. The summed E-state index contributed by atoms with van der Waals surface area (Å²) in [7, 11) is 1.56. The van der Waals surface area contributed by atoms with E-state index in [0.29, 0.717) is 6.04 Å². The Morgan fingerprint density at radius 3 is 2.39 bits per heavy atom. The molecule has 1 aromatic carbocycles. The van der Waals surface area contributed by atoms with Crippen LogP contribution in [0.25, 0.3) is 0 Å². The third-order valence-electron chi connectivity index (χ3n) is 2.44. The standard InChI is InChI=1S/C14H23NO3/c1-11(2)15-8-12-4-6-14(7-5-12)18-10-13(16)9-17-3/h4-7,11,13,15-16H,8-10H2,1-3H3. The smallest absolute Gasteiger partial charge is 0.119 e. The predicted molar refractivity (Wildman–Crippen MR) is 71.8 cm³/mol. The van der Waals surface area contributed by atoms with Crippen molar-refractivity contribution in [3.8, 4) is 5.75 Å². The number of methoxy groups -OCH3 is 1. The Balaban J connectivity index is 2.35. The minimum Gasteiger partial charge on any atom is -0.491 e. The molecule has 4 nitrogen and oxygen atoms in total. The van der Waals surface area contributed by atoms with E-state index in [1.807, 2.05) is 24.3 Å². The van der Waals surface area contributed by atoms with Crippen LogP contribution in [-0.2, 0) is 11.3 Å². The summed E-state index contributed by atoms with van der Waals surface area (Å²) in [5, 5.41) is 12.8. The summed E-state index contributed by atoms with van der Waals surface area (Å²) < 4.78 is 10.3. The highest BCUT2D eigenvalue weighted by Crippen LogP contribution is 2.12. The molecule has 0 aromatic heterocycles. The van der Waals surface area contributed by atoms with Crippen molar-refractivity contribution in [2.75, 3.05) is 20.3 Å². The molecule has 0 amide bonds. The van der Waals surface area contributed by atoms with Gasteiger partial charge in [0, 0.05) is 19.7 Å². The normalized spacial score (nSPS) is 12.7. The van der Waals surface area contributed by atoms with Gasteiger partial charge in [-0.2, -0.15) is 0 Å². The number of hydrogen-bond donors (Lipinski definition) is 2. The summed E-state index contributed by atoms with van der Waals surface area (Å²) in [5.74, 6) is 0.762. The van der Waals surface area contributed by atoms with Crippen molar-refractivity contribution >= 4 is 0 Å². The van der Waals surface area contributed by atoms with Crippen LogP contribution in [0.3, 0.4) is 0 Å². The Bertz CT molecular complexity index is 324. The molecule has 0 radical (unpaired) electrons. The fourth-order valence-electron chi connectivity index (χ4n) is 1.46. The molecule has 1 rings (SSSR count). The highest BCUT2D eigenvalue weighted by atomic mass is 16.5. The molecule has 0 heterocycles. The SMILES string of the molecule is COCC(O)COc1ccc(CNC(C)C)cc1. The van der Waals surface area contributed by atoms with Gasteiger partial charge in [-0.1, -0.05) is 26.0 Å². The third-order valence-corrected chi connectivity index (χ3v) is 2.44. The average Bonchev–Trinajstić information content (AvgIpc) is 2.35. The van der Waals surface area contributed by atoms with E-state index in [1.165, 1.54) is 5.56 Å². The average molecular weight is 253 g/mol. The van der Waals surface area contributed by atoms with Crippen molar-refractivity contribution in [2.45, 2.75) is 32.5 Å². The Morgan fingerprint density at radius 1 is 1.17 bits per heavy atom. The molecule has 0 aliphatic carbocycles. The maximum absolute atomic E-state index is 9.45. The predicted octanol–water partition coefficient (Wildman–Crippen LogP) is 1.57. The molecule has 0 bridgehead atoms. The molecule has 0 aliphatic heterocycles. The zero-order chi connectivity index (χ0) is 13.4. The van der Waals surface area contributed by atoms with Gasteiger partial charge in [-0.25, -0.2) is 0 Å². The first-order chi connectivity index (χ1) is 8.61. The Morgan fingerprint density at radius 2 is 1.83 bits per heavy atom. The van der Waals surface area contributed by atoms with Crippen molar-refractivity contribution < 1.29 is 14.6 Å². The van der Waals surface area contributed by atoms with E-state index in [4.69, 9.17) is 9.47 Å². The molecule has 1 atom stereocenters. The minimum atomic E-state index is -0.586. The number of aliphatic hydroxyl groups excluding tert-OH is 1.